The Morgan fingerprint density at radius 1 is 1.32 bits per heavy atom. The number of halogens is 1. The molecule has 0 saturated heterocycles. The van der Waals surface area contributed by atoms with Gasteiger partial charge in [-0.05, 0) is 24.0 Å². The number of carboxylic acid groups (broad SMARTS) is 1. The van der Waals surface area contributed by atoms with Crippen LogP contribution < -0.4 is 5.32 Å². The fourth-order valence-electron chi connectivity index (χ4n) is 2.54. The largest absolute Gasteiger partial charge is 0.481 e. The van der Waals surface area contributed by atoms with Gasteiger partial charge in [0.15, 0.2) is 0 Å². The van der Waals surface area contributed by atoms with Gasteiger partial charge in [0.1, 0.15) is 0 Å². The monoisotopic (exact) mass is 281 g/mol. The SMILES string of the molecule is Cc1cccc(NC(=O)[C@H]2[C@@H](C(=O)O)C2(C)C)c1Cl. The fourth-order valence-corrected chi connectivity index (χ4v) is 2.72. The topological polar surface area (TPSA) is 66.4 Å². The third-order valence-corrected chi connectivity index (χ3v) is 4.33. The fraction of sp³-hybridized carbons (Fsp3) is 0.429. The van der Waals surface area contributed by atoms with E-state index in [0.717, 1.165) is 5.56 Å². The van der Waals surface area contributed by atoms with Crippen LogP contribution in [0, 0.1) is 24.2 Å². The number of carbonyl (C=O) groups excluding carboxylic acids is 1. The van der Waals surface area contributed by atoms with Gasteiger partial charge in [0.05, 0.1) is 22.5 Å². The zero-order valence-electron chi connectivity index (χ0n) is 11.0. The Morgan fingerprint density at radius 2 is 1.95 bits per heavy atom. The van der Waals surface area contributed by atoms with E-state index in [4.69, 9.17) is 16.7 Å². The van der Waals surface area contributed by atoms with E-state index < -0.39 is 23.2 Å². The second-order valence-electron chi connectivity index (χ2n) is 5.54. The molecule has 0 radical (unpaired) electrons. The average molecular weight is 282 g/mol. The van der Waals surface area contributed by atoms with Gasteiger partial charge in [0.25, 0.3) is 0 Å². The molecule has 0 heterocycles. The highest BCUT2D eigenvalue weighted by molar-refractivity contribution is 6.34. The van der Waals surface area contributed by atoms with Crippen LogP contribution in [0.3, 0.4) is 0 Å². The summed E-state index contributed by atoms with van der Waals surface area (Å²) in [6.45, 7) is 5.42. The zero-order chi connectivity index (χ0) is 14.4. The van der Waals surface area contributed by atoms with E-state index in [-0.39, 0.29) is 5.91 Å². The van der Waals surface area contributed by atoms with Crippen molar-refractivity contribution in [2.75, 3.05) is 5.32 Å². The summed E-state index contributed by atoms with van der Waals surface area (Å²) < 4.78 is 0. The molecule has 0 bridgehead atoms. The molecule has 2 N–H and O–H groups in total. The molecule has 1 amide bonds. The van der Waals surface area contributed by atoms with Crippen molar-refractivity contribution in [3.63, 3.8) is 0 Å². The minimum absolute atomic E-state index is 0.287. The van der Waals surface area contributed by atoms with Crippen molar-refractivity contribution in [1.82, 2.24) is 0 Å². The van der Waals surface area contributed by atoms with E-state index in [1.165, 1.54) is 0 Å². The summed E-state index contributed by atoms with van der Waals surface area (Å²) in [6, 6.07) is 5.35. The number of hydrogen-bond acceptors (Lipinski definition) is 2. The van der Waals surface area contributed by atoms with Gasteiger partial charge in [0, 0.05) is 0 Å². The van der Waals surface area contributed by atoms with E-state index in [0.29, 0.717) is 10.7 Å². The molecule has 2 atom stereocenters. The lowest BCUT2D eigenvalue weighted by atomic mass is 10.1. The number of aryl methyl sites for hydroxylation is 1. The van der Waals surface area contributed by atoms with Crippen LogP contribution in [0.4, 0.5) is 5.69 Å². The maximum atomic E-state index is 12.1. The van der Waals surface area contributed by atoms with Crippen LogP contribution in [0.15, 0.2) is 18.2 Å². The molecule has 2 rings (SSSR count). The molecule has 0 spiro atoms. The van der Waals surface area contributed by atoms with Crippen LogP contribution in [-0.4, -0.2) is 17.0 Å². The number of anilines is 1. The first kappa shape index (κ1) is 13.9. The van der Waals surface area contributed by atoms with Crippen LogP contribution in [0.2, 0.25) is 5.02 Å². The first-order valence-electron chi connectivity index (χ1n) is 6.05. The first-order valence-corrected chi connectivity index (χ1v) is 6.43. The van der Waals surface area contributed by atoms with Crippen molar-refractivity contribution in [3.05, 3.63) is 28.8 Å². The van der Waals surface area contributed by atoms with Crippen LogP contribution in [-0.2, 0) is 9.59 Å². The van der Waals surface area contributed by atoms with Crippen molar-refractivity contribution in [3.8, 4) is 0 Å². The molecule has 0 unspecified atom stereocenters. The lowest BCUT2D eigenvalue weighted by molar-refractivity contribution is -0.140. The lowest BCUT2D eigenvalue weighted by Crippen LogP contribution is -2.18. The summed E-state index contributed by atoms with van der Waals surface area (Å²) in [7, 11) is 0. The molecule has 1 aliphatic carbocycles. The number of amides is 1. The predicted molar refractivity (Wildman–Crippen MR) is 73.2 cm³/mol. The number of nitrogens with one attached hydrogen (secondary N) is 1. The van der Waals surface area contributed by atoms with Crippen LogP contribution in [0.25, 0.3) is 0 Å². The molecule has 1 aromatic rings. The van der Waals surface area contributed by atoms with Gasteiger partial charge in [-0.25, -0.2) is 0 Å². The molecule has 19 heavy (non-hydrogen) atoms. The molecule has 0 aromatic heterocycles. The van der Waals surface area contributed by atoms with Crippen molar-refractivity contribution in [1.29, 1.82) is 0 Å². The summed E-state index contributed by atoms with van der Waals surface area (Å²) in [5, 5.41) is 12.3. The number of carboxylic acids is 1. The highest BCUT2D eigenvalue weighted by atomic mass is 35.5. The second kappa shape index (κ2) is 4.53. The van der Waals surface area contributed by atoms with Crippen molar-refractivity contribution in [2.45, 2.75) is 20.8 Å². The highest BCUT2D eigenvalue weighted by Crippen LogP contribution is 2.58. The molecular weight excluding hydrogens is 266 g/mol. The number of carbonyl (C=O) groups is 2. The van der Waals surface area contributed by atoms with Crippen molar-refractivity contribution >= 4 is 29.2 Å². The quantitative estimate of drug-likeness (QED) is 0.895. The Balaban J connectivity index is 2.15. The molecule has 1 aliphatic rings. The third-order valence-electron chi connectivity index (χ3n) is 3.83. The molecule has 0 aliphatic heterocycles. The van der Waals surface area contributed by atoms with Crippen LogP contribution >= 0.6 is 11.6 Å². The minimum atomic E-state index is -0.930. The van der Waals surface area contributed by atoms with E-state index >= 15 is 0 Å². The van der Waals surface area contributed by atoms with Crippen molar-refractivity contribution in [2.24, 2.45) is 17.3 Å². The molecule has 4 nitrogen and oxygen atoms in total. The maximum Gasteiger partial charge on any atom is 0.307 e. The Kier molecular flexibility index (Phi) is 3.31. The summed E-state index contributed by atoms with van der Waals surface area (Å²) in [5.74, 6) is -2.36. The van der Waals surface area contributed by atoms with Gasteiger partial charge in [-0.15, -0.1) is 0 Å². The molecule has 1 aromatic carbocycles. The summed E-state index contributed by atoms with van der Waals surface area (Å²) >= 11 is 6.10. The Bertz CT molecular complexity index is 554. The smallest absolute Gasteiger partial charge is 0.307 e. The third kappa shape index (κ3) is 2.32. The molecule has 1 fully saturated rings. The number of aliphatic carboxylic acids is 1. The highest BCUT2D eigenvalue weighted by Gasteiger charge is 2.65. The molecule has 1 saturated carbocycles. The van der Waals surface area contributed by atoms with E-state index in [1.54, 1.807) is 26.0 Å². The normalized spacial score (nSPS) is 23.8. The predicted octanol–water partition coefficient (Wildman–Crippen LogP) is 2.94. The Morgan fingerprint density at radius 3 is 2.47 bits per heavy atom. The van der Waals surface area contributed by atoms with E-state index in [9.17, 15) is 9.59 Å². The van der Waals surface area contributed by atoms with Gasteiger partial charge < -0.3 is 10.4 Å². The van der Waals surface area contributed by atoms with Crippen molar-refractivity contribution < 1.29 is 14.7 Å². The number of rotatable bonds is 3. The van der Waals surface area contributed by atoms with E-state index in [1.807, 2.05) is 13.0 Å². The zero-order valence-corrected chi connectivity index (χ0v) is 11.8. The van der Waals surface area contributed by atoms with E-state index in [2.05, 4.69) is 5.32 Å². The minimum Gasteiger partial charge on any atom is -0.481 e. The number of hydrogen-bond donors (Lipinski definition) is 2. The molecule has 102 valence electrons. The average Bonchev–Trinajstić information content (AvgIpc) is 2.88. The Hall–Kier alpha value is -1.55. The first-order chi connectivity index (χ1) is 8.76. The maximum absolute atomic E-state index is 12.1. The number of benzene rings is 1. The van der Waals surface area contributed by atoms with Gasteiger partial charge >= 0.3 is 5.97 Å². The second-order valence-corrected chi connectivity index (χ2v) is 5.92. The summed E-state index contributed by atoms with van der Waals surface area (Å²) in [6.07, 6.45) is 0. The standard InChI is InChI=1S/C14H16ClNO3/c1-7-5-4-6-8(11(7)15)16-12(17)9-10(13(18)19)14(9,2)3/h4-6,9-10H,1-3H3,(H,16,17)(H,18,19)/t9-,10+/m1/s1. The van der Waals surface area contributed by atoms with Crippen LogP contribution in [0.1, 0.15) is 19.4 Å². The Labute approximate surface area is 116 Å². The van der Waals surface area contributed by atoms with Crippen LogP contribution in [0.5, 0.6) is 0 Å². The lowest BCUT2D eigenvalue weighted by Gasteiger charge is -2.09. The molecule has 5 heteroatoms. The van der Waals surface area contributed by atoms with Gasteiger partial charge in [-0.3, -0.25) is 9.59 Å². The summed E-state index contributed by atoms with van der Waals surface area (Å²) in [5.41, 5.74) is 0.884. The van der Waals surface area contributed by atoms with Gasteiger partial charge in [-0.2, -0.15) is 0 Å². The molecular formula is C14H16ClNO3. The van der Waals surface area contributed by atoms with Gasteiger partial charge in [-0.1, -0.05) is 37.6 Å². The van der Waals surface area contributed by atoms with Gasteiger partial charge in [0.2, 0.25) is 5.91 Å². The summed E-state index contributed by atoms with van der Waals surface area (Å²) in [4.78, 5) is 23.2.